The Labute approximate surface area is 390 Å². The molecule has 2 heterocycles. The number of carboxylic acids is 1. The van der Waals surface area contributed by atoms with Gasteiger partial charge < -0.3 is 19.3 Å². The quantitative estimate of drug-likeness (QED) is 0.141. The molecule has 2 unspecified atom stereocenters. The maximum atomic E-state index is 11.8. The van der Waals surface area contributed by atoms with E-state index in [4.69, 9.17) is 14.2 Å². The Morgan fingerprint density at radius 1 is 0.538 bits per heavy atom. The SMILES string of the molecule is CC(C)(C)C1CCC(Oc2ccc3cc(CN4CCCCC4CC(=O)O)ccc3c2)CC1.COC(=O)CC1CCCCN1Cc1ccc2cc(OC3CCC(C(C)(C)C)CC3)ccc2c1. The van der Waals surface area contributed by atoms with Crippen LogP contribution in [0.15, 0.2) is 72.8 Å². The number of carboxylic acid groups (broad SMARTS) is 1. The van der Waals surface area contributed by atoms with Gasteiger partial charge in [-0.3, -0.25) is 19.4 Å². The van der Waals surface area contributed by atoms with Gasteiger partial charge in [0.25, 0.3) is 0 Å². The van der Waals surface area contributed by atoms with Crippen molar-refractivity contribution in [1.82, 2.24) is 9.80 Å². The Morgan fingerprint density at radius 3 is 1.34 bits per heavy atom. The minimum absolute atomic E-state index is 0.107. The fraction of sp³-hybridized carbons (Fsp3) is 0.614. The van der Waals surface area contributed by atoms with Gasteiger partial charge in [0.2, 0.25) is 0 Å². The molecule has 0 spiro atoms. The van der Waals surface area contributed by atoms with Crippen molar-refractivity contribution in [3.63, 3.8) is 0 Å². The normalized spacial score (nSPS) is 24.8. The van der Waals surface area contributed by atoms with Gasteiger partial charge in [-0.25, -0.2) is 0 Å². The molecule has 0 bridgehead atoms. The molecule has 2 atom stereocenters. The lowest BCUT2D eigenvalue weighted by molar-refractivity contribution is -0.142. The van der Waals surface area contributed by atoms with E-state index in [1.807, 2.05) is 0 Å². The molecule has 354 valence electrons. The van der Waals surface area contributed by atoms with Gasteiger partial charge in [-0.1, -0.05) is 90.8 Å². The second-order valence-electron chi connectivity index (χ2n) is 22.2. The van der Waals surface area contributed by atoms with Crippen molar-refractivity contribution in [3.8, 4) is 11.5 Å². The molecule has 4 aromatic carbocycles. The molecule has 4 fully saturated rings. The number of likely N-dealkylation sites (tertiary alicyclic amines) is 2. The first-order valence-electron chi connectivity index (χ1n) is 25.2. The summed E-state index contributed by atoms with van der Waals surface area (Å²) in [5.41, 5.74) is 3.35. The first-order valence-corrected chi connectivity index (χ1v) is 25.2. The van der Waals surface area contributed by atoms with Crippen LogP contribution >= 0.6 is 0 Å². The maximum absolute atomic E-state index is 11.8. The van der Waals surface area contributed by atoms with E-state index >= 15 is 0 Å². The summed E-state index contributed by atoms with van der Waals surface area (Å²) >= 11 is 0. The Morgan fingerprint density at radius 2 is 0.938 bits per heavy atom. The first-order chi connectivity index (χ1) is 31.1. The molecular formula is C57H80N2O6. The Hall–Kier alpha value is -4.14. The van der Waals surface area contributed by atoms with Gasteiger partial charge >= 0.3 is 11.9 Å². The molecule has 4 aliphatic rings. The Kier molecular flexibility index (Phi) is 16.6. The van der Waals surface area contributed by atoms with E-state index in [0.717, 1.165) is 101 Å². The molecule has 8 nitrogen and oxygen atoms in total. The van der Waals surface area contributed by atoms with Crippen molar-refractivity contribution in [1.29, 1.82) is 0 Å². The number of esters is 1. The minimum Gasteiger partial charge on any atom is -0.490 e. The number of nitrogens with zero attached hydrogens (tertiary/aromatic N) is 2. The third kappa shape index (κ3) is 13.9. The summed E-state index contributed by atoms with van der Waals surface area (Å²) in [7, 11) is 1.48. The summed E-state index contributed by atoms with van der Waals surface area (Å²) in [6.07, 6.45) is 17.8. The summed E-state index contributed by atoms with van der Waals surface area (Å²) in [5.74, 6) is 2.77. The second-order valence-corrected chi connectivity index (χ2v) is 22.2. The topological polar surface area (TPSA) is 88.5 Å². The summed E-state index contributed by atoms with van der Waals surface area (Å²) < 4.78 is 17.7. The van der Waals surface area contributed by atoms with E-state index in [0.29, 0.717) is 29.5 Å². The lowest BCUT2D eigenvalue weighted by atomic mass is 9.72. The highest BCUT2D eigenvalue weighted by Crippen LogP contribution is 2.40. The molecule has 2 saturated carbocycles. The van der Waals surface area contributed by atoms with Gasteiger partial charge in [0.15, 0.2) is 0 Å². The molecule has 65 heavy (non-hydrogen) atoms. The summed E-state index contributed by atoms with van der Waals surface area (Å²) in [6.45, 7) is 17.9. The average molecular weight is 889 g/mol. The predicted octanol–water partition coefficient (Wildman–Crippen LogP) is 13.4. The van der Waals surface area contributed by atoms with Crippen LogP contribution in [0, 0.1) is 22.7 Å². The zero-order valence-electron chi connectivity index (χ0n) is 40.9. The van der Waals surface area contributed by atoms with E-state index in [9.17, 15) is 14.7 Å². The zero-order chi connectivity index (χ0) is 46.1. The number of benzene rings is 4. The van der Waals surface area contributed by atoms with Gasteiger partial charge in [0.05, 0.1) is 32.2 Å². The number of hydrogen-bond donors (Lipinski definition) is 1. The number of methoxy groups -OCH3 is 1. The highest BCUT2D eigenvalue weighted by atomic mass is 16.5. The number of rotatable bonds is 12. The number of hydrogen-bond acceptors (Lipinski definition) is 7. The van der Waals surface area contributed by atoms with Crippen LogP contribution in [0.1, 0.15) is 155 Å². The monoisotopic (exact) mass is 889 g/mol. The van der Waals surface area contributed by atoms with Crippen LogP contribution in [0.2, 0.25) is 0 Å². The zero-order valence-corrected chi connectivity index (χ0v) is 40.9. The first kappa shape index (κ1) is 48.8. The molecule has 2 aliphatic carbocycles. The fourth-order valence-corrected chi connectivity index (χ4v) is 11.3. The number of aliphatic carboxylic acids is 1. The van der Waals surface area contributed by atoms with Gasteiger partial charge in [-0.2, -0.15) is 0 Å². The summed E-state index contributed by atoms with van der Waals surface area (Å²) in [5, 5.41) is 14.1. The Bertz CT molecular complexity index is 2170. The van der Waals surface area contributed by atoms with Crippen LogP contribution in [-0.2, 0) is 27.4 Å². The maximum Gasteiger partial charge on any atom is 0.307 e. The van der Waals surface area contributed by atoms with Crippen LogP contribution in [0.5, 0.6) is 11.5 Å². The summed E-state index contributed by atoms with van der Waals surface area (Å²) in [4.78, 5) is 27.9. The smallest absolute Gasteiger partial charge is 0.307 e. The number of carbonyl (C=O) groups excluding carboxylic acids is 1. The van der Waals surface area contributed by atoms with Crippen molar-refractivity contribution in [2.45, 2.75) is 182 Å². The van der Waals surface area contributed by atoms with Crippen molar-refractivity contribution < 1.29 is 28.9 Å². The third-order valence-electron chi connectivity index (χ3n) is 15.5. The largest absolute Gasteiger partial charge is 0.490 e. The fourth-order valence-electron chi connectivity index (χ4n) is 11.3. The molecule has 0 aromatic heterocycles. The molecule has 2 saturated heterocycles. The lowest BCUT2D eigenvalue weighted by Crippen LogP contribution is -2.40. The van der Waals surface area contributed by atoms with E-state index in [1.54, 1.807) is 0 Å². The predicted molar refractivity (Wildman–Crippen MR) is 265 cm³/mol. The third-order valence-corrected chi connectivity index (χ3v) is 15.5. The molecular weight excluding hydrogens is 809 g/mol. The lowest BCUT2D eigenvalue weighted by Gasteiger charge is -2.37. The minimum atomic E-state index is -0.695. The van der Waals surface area contributed by atoms with Crippen molar-refractivity contribution in [3.05, 3.63) is 83.9 Å². The number of piperidine rings is 2. The molecule has 2 aliphatic heterocycles. The van der Waals surface area contributed by atoms with Crippen LogP contribution in [0.4, 0.5) is 0 Å². The van der Waals surface area contributed by atoms with E-state index in [1.165, 1.54) is 78.3 Å². The van der Waals surface area contributed by atoms with Crippen LogP contribution < -0.4 is 9.47 Å². The van der Waals surface area contributed by atoms with Gasteiger partial charge in [0.1, 0.15) is 11.5 Å². The highest BCUT2D eigenvalue weighted by molar-refractivity contribution is 5.85. The van der Waals surface area contributed by atoms with E-state index in [2.05, 4.69) is 124 Å². The van der Waals surface area contributed by atoms with Crippen molar-refractivity contribution in [2.75, 3.05) is 20.2 Å². The molecule has 1 N–H and O–H groups in total. The van der Waals surface area contributed by atoms with Crippen LogP contribution in [0.3, 0.4) is 0 Å². The molecule has 8 rings (SSSR count). The van der Waals surface area contributed by atoms with Crippen LogP contribution in [0.25, 0.3) is 21.5 Å². The second kappa shape index (κ2) is 22.1. The Balaban J connectivity index is 0.000000194. The van der Waals surface area contributed by atoms with Crippen molar-refractivity contribution >= 4 is 33.5 Å². The highest BCUT2D eigenvalue weighted by Gasteiger charge is 2.32. The summed E-state index contributed by atoms with van der Waals surface area (Å²) in [6, 6.07) is 26.7. The van der Waals surface area contributed by atoms with Crippen LogP contribution in [-0.4, -0.2) is 71.3 Å². The van der Waals surface area contributed by atoms with Gasteiger partial charge in [-0.15, -0.1) is 0 Å². The number of fused-ring (bicyclic) bond motifs is 2. The standard InChI is InChI=1S/C29H41NO3.C28H39NO3/c1-29(2,3)24-11-14-26(15-12-24)33-27-13-10-22-17-21(8-9-23(22)18-27)20-30-16-6-5-7-25(30)19-28(31)32-4;1-28(2,3)23-10-13-25(14-11-23)32-26-12-9-21-16-20(7-8-22(21)17-26)19-29-15-5-4-6-24(29)18-27(30)31/h8-10,13,17-18,24-26H,5-7,11-12,14-16,19-20H2,1-4H3;7-9,12,16-17,23-25H,4-6,10-11,13-15,18-19H2,1-3H3,(H,30,31). The van der Waals surface area contributed by atoms with Crippen molar-refractivity contribution in [2.24, 2.45) is 22.7 Å². The van der Waals surface area contributed by atoms with E-state index in [-0.39, 0.29) is 24.5 Å². The molecule has 4 aromatic rings. The number of carbonyl (C=O) groups is 2. The van der Waals surface area contributed by atoms with E-state index < -0.39 is 5.97 Å². The number of ether oxygens (including phenoxy) is 3. The van der Waals surface area contributed by atoms with Gasteiger partial charge in [0, 0.05) is 25.2 Å². The molecule has 0 amide bonds. The molecule has 0 radical (unpaired) electrons. The average Bonchev–Trinajstić information content (AvgIpc) is 3.27. The molecule has 8 heteroatoms. The van der Waals surface area contributed by atoms with Gasteiger partial charge in [-0.05, 0) is 182 Å².